The third-order valence-electron chi connectivity index (χ3n) is 1.52. The summed E-state index contributed by atoms with van der Waals surface area (Å²) in [6.07, 6.45) is -4.57. The van der Waals surface area contributed by atoms with Gasteiger partial charge in [0.15, 0.2) is 0 Å². The fourth-order valence-corrected chi connectivity index (χ4v) is 1.85. The summed E-state index contributed by atoms with van der Waals surface area (Å²) in [6, 6.07) is 1.93. The molecule has 0 radical (unpaired) electrons. The Hall–Kier alpha value is -1.06. The molecule has 2 nitrogen and oxygen atoms in total. The van der Waals surface area contributed by atoms with E-state index < -0.39 is 11.7 Å². The average molecular weight is 253 g/mol. The van der Waals surface area contributed by atoms with Crippen molar-refractivity contribution >= 4 is 29.1 Å². The summed E-state index contributed by atoms with van der Waals surface area (Å²) in [5.41, 5.74) is 4.17. The number of nitriles is 1. The van der Waals surface area contributed by atoms with Crippen molar-refractivity contribution in [1.82, 2.24) is 0 Å². The zero-order valence-electron chi connectivity index (χ0n) is 7.10. The van der Waals surface area contributed by atoms with Crippen LogP contribution in [0.3, 0.4) is 0 Å². The molecule has 0 heterocycles. The lowest BCUT2D eigenvalue weighted by molar-refractivity contribution is -0.139. The molecule has 0 fully saturated rings. The number of nitrogens with zero attached hydrogens (tertiary/aromatic N) is 1. The summed E-state index contributed by atoms with van der Waals surface area (Å²) >= 11 is 5.93. The maximum absolute atomic E-state index is 12.5. The van der Waals surface area contributed by atoms with Gasteiger partial charge < -0.3 is 5.73 Å². The predicted molar refractivity (Wildman–Crippen MR) is 52.3 cm³/mol. The van der Waals surface area contributed by atoms with Crippen molar-refractivity contribution in [2.75, 3.05) is 5.73 Å². The van der Waals surface area contributed by atoms with Crippen molar-refractivity contribution < 1.29 is 13.2 Å². The molecule has 0 unspecified atom stereocenters. The summed E-state index contributed by atoms with van der Waals surface area (Å²) in [5.74, 6) is 0. The Bertz CT molecular complexity index is 425. The van der Waals surface area contributed by atoms with Crippen LogP contribution in [-0.2, 0) is 6.18 Å². The Kier molecular flexibility index (Phi) is 3.37. The van der Waals surface area contributed by atoms with Gasteiger partial charge in [-0.3, -0.25) is 0 Å². The van der Waals surface area contributed by atoms with E-state index in [1.807, 2.05) is 0 Å². The van der Waals surface area contributed by atoms with Gasteiger partial charge in [-0.15, -0.1) is 0 Å². The van der Waals surface area contributed by atoms with Crippen LogP contribution in [-0.4, -0.2) is 0 Å². The normalized spacial score (nSPS) is 11.1. The molecule has 0 saturated heterocycles. The molecule has 15 heavy (non-hydrogen) atoms. The Labute approximate surface area is 92.8 Å². The highest BCUT2D eigenvalue weighted by Crippen LogP contribution is 2.41. The van der Waals surface area contributed by atoms with Crippen LogP contribution in [0.4, 0.5) is 18.9 Å². The molecule has 0 aliphatic heterocycles. The SMILES string of the molecule is N#CSc1c(Cl)cc(N)cc1C(F)(F)F. The first-order valence-electron chi connectivity index (χ1n) is 3.58. The zero-order chi connectivity index (χ0) is 11.6. The van der Waals surface area contributed by atoms with E-state index in [4.69, 9.17) is 22.6 Å². The molecular formula is C8H4ClF3N2S. The number of alkyl halides is 3. The number of rotatable bonds is 1. The number of benzene rings is 1. The van der Waals surface area contributed by atoms with Crippen LogP contribution < -0.4 is 5.73 Å². The van der Waals surface area contributed by atoms with E-state index in [9.17, 15) is 13.2 Å². The maximum atomic E-state index is 12.5. The van der Waals surface area contributed by atoms with Crippen LogP contribution >= 0.6 is 23.4 Å². The number of nitrogen functional groups attached to an aromatic ring is 1. The average Bonchev–Trinajstić information content (AvgIpc) is 2.07. The van der Waals surface area contributed by atoms with Gasteiger partial charge in [0.25, 0.3) is 0 Å². The summed E-state index contributed by atoms with van der Waals surface area (Å²) in [5, 5.41) is 9.74. The fraction of sp³-hybridized carbons (Fsp3) is 0.125. The molecule has 1 rings (SSSR count). The first-order valence-corrected chi connectivity index (χ1v) is 4.78. The molecule has 7 heteroatoms. The molecule has 1 aromatic carbocycles. The van der Waals surface area contributed by atoms with Crippen LogP contribution in [0, 0.1) is 10.7 Å². The minimum Gasteiger partial charge on any atom is -0.399 e. The number of halogens is 4. The van der Waals surface area contributed by atoms with Crippen molar-refractivity contribution in [1.29, 1.82) is 5.26 Å². The third-order valence-corrected chi connectivity index (χ3v) is 2.66. The van der Waals surface area contributed by atoms with Gasteiger partial charge in [-0.1, -0.05) is 11.6 Å². The lowest BCUT2D eigenvalue weighted by Gasteiger charge is -2.12. The Morgan fingerprint density at radius 1 is 1.40 bits per heavy atom. The van der Waals surface area contributed by atoms with Crippen molar-refractivity contribution in [3.05, 3.63) is 22.7 Å². The fourth-order valence-electron chi connectivity index (χ4n) is 0.974. The molecule has 0 saturated carbocycles. The van der Waals surface area contributed by atoms with Gasteiger partial charge in [0, 0.05) is 5.69 Å². The van der Waals surface area contributed by atoms with E-state index in [1.54, 1.807) is 5.40 Å². The quantitative estimate of drug-likeness (QED) is 0.473. The highest BCUT2D eigenvalue weighted by molar-refractivity contribution is 8.03. The summed E-state index contributed by atoms with van der Waals surface area (Å²) < 4.78 is 37.5. The van der Waals surface area contributed by atoms with E-state index in [-0.39, 0.29) is 15.6 Å². The molecule has 80 valence electrons. The van der Waals surface area contributed by atoms with Gasteiger partial charge in [-0.2, -0.15) is 18.4 Å². The summed E-state index contributed by atoms with van der Waals surface area (Å²) in [6.45, 7) is 0. The van der Waals surface area contributed by atoms with Gasteiger partial charge in [0.05, 0.1) is 15.5 Å². The molecule has 1 aromatic rings. The van der Waals surface area contributed by atoms with E-state index in [0.717, 1.165) is 6.07 Å². The molecule has 0 bridgehead atoms. The number of nitrogens with two attached hydrogens (primary N) is 1. The lowest BCUT2D eigenvalue weighted by atomic mass is 10.2. The molecule has 0 spiro atoms. The first kappa shape index (κ1) is 12.0. The second-order valence-corrected chi connectivity index (χ2v) is 3.77. The highest BCUT2D eigenvalue weighted by Gasteiger charge is 2.35. The van der Waals surface area contributed by atoms with Crippen LogP contribution in [0.1, 0.15) is 5.56 Å². The van der Waals surface area contributed by atoms with Crippen LogP contribution in [0.2, 0.25) is 5.02 Å². The number of thiocyanates is 1. The predicted octanol–water partition coefficient (Wildman–Crippen LogP) is 3.51. The van der Waals surface area contributed by atoms with Gasteiger partial charge in [-0.05, 0) is 23.9 Å². The topological polar surface area (TPSA) is 49.8 Å². The summed E-state index contributed by atoms with van der Waals surface area (Å²) in [7, 11) is 0. The lowest BCUT2D eigenvalue weighted by Crippen LogP contribution is -2.08. The molecule has 2 N–H and O–H groups in total. The van der Waals surface area contributed by atoms with Gasteiger partial charge in [-0.25, -0.2) is 0 Å². The minimum atomic E-state index is -4.57. The minimum absolute atomic E-state index is 0.0883. The van der Waals surface area contributed by atoms with Gasteiger partial charge in [0.2, 0.25) is 0 Å². The molecular weight excluding hydrogens is 249 g/mol. The Morgan fingerprint density at radius 3 is 2.47 bits per heavy atom. The number of hydrogen-bond acceptors (Lipinski definition) is 3. The van der Waals surface area contributed by atoms with Crippen molar-refractivity contribution in [3.63, 3.8) is 0 Å². The maximum Gasteiger partial charge on any atom is 0.417 e. The smallest absolute Gasteiger partial charge is 0.399 e. The van der Waals surface area contributed by atoms with Crippen molar-refractivity contribution in [2.45, 2.75) is 11.1 Å². The molecule has 0 aliphatic rings. The monoisotopic (exact) mass is 252 g/mol. The summed E-state index contributed by atoms with van der Waals surface area (Å²) in [4.78, 5) is -0.319. The second-order valence-electron chi connectivity index (χ2n) is 2.57. The van der Waals surface area contributed by atoms with E-state index >= 15 is 0 Å². The van der Waals surface area contributed by atoms with Gasteiger partial charge in [0.1, 0.15) is 5.40 Å². The third kappa shape index (κ3) is 2.70. The Balaban J connectivity index is 3.41. The van der Waals surface area contributed by atoms with E-state index in [1.165, 1.54) is 6.07 Å². The highest BCUT2D eigenvalue weighted by atomic mass is 35.5. The molecule has 0 aromatic heterocycles. The van der Waals surface area contributed by atoms with Gasteiger partial charge >= 0.3 is 6.18 Å². The number of anilines is 1. The van der Waals surface area contributed by atoms with E-state index in [0.29, 0.717) is 11.8 Å². The van der Waals surface area contributed by atoms with Crippen LogP contribution in [0.5, 0.6) is 0 Å². The zero-order valence-corrected chi connectivity index (χ0v) is 8.67. The van der Waals surface area contributed by atoms with Crippen LogP contribution in [0.25, 0.3) is 0 Å². The number of thioether (sulfide) groups is 1. The second kappa shape index (κ2) is 4.21. The van der Waals surface area contributed by atoms with Crippen molar-refractivity contribution in [2.24, 2.45) is 0 Å². The Morgan fingerprint density at radius 2 is 2.00 bits per heavy atom. The first-order chi connectivity index (χ1) is 6.86. The number of hydrogen-bond donors (Lipinski definition) is 1. The van der Waals surface area contributed by atoms with E-state index in [2.05, 4.69) is 0 Å². The largest absolute Gasteiger partial charge is 0.417 e. The van der Waals surface area contributed by atoms with Crippen molar-refractivity contribution in [3.8, 4) is 5.40 Å². The standard InChI is InChI=1S/C8H4ClF3N2S/c9-6-2-4(14)1-5(8(10,11)12)7(6)15-3-13/h1-2H,14H2. The molecule has 0 atom stereocenters. The molecule has 0 aliphatic carbocycles. The molecule has 0 amide bonds. The van der Waals surface area contributed by atoms with Crippen LogP contribution in [0.15, 0.2) is 17.0 Å².